The van der Waals surface area contributed by atoms with Crippen LogP contribution in [0.1, 0.15) is 13.8 Å². The van der Waals surface area contributed by atoms with E-state index in [4.69, 9.17) is 21.1 Å². The Hall–Kier alpha value is -0.540. The molecule has 0 unspecified atom stereocenters. The minimum atomic E-state index is -0.451. The van der Waals surface area contributed by atoms with Crippen molar-refractivity contribution in [2.75, 3.05) is 25.7 Å². The number of rotatable bonds is 7. The molecule has 0 aliphatic heterocycles. The molecule has 14 heavy (non-hydrogen) atoms. The Bertz CT molecular complexity index is 190. The van der Waals surface area contributed by atoms with Crippen molar-refractivity contribution >= 4 is 17.6 Å². The molecule has 0 N–H and O–H groups in total. The van der Waals surface area contributed by atoms with Gasteiger partial charge in [0.1, 0.15) is 6.61 Å². The van der Waals surface area contributed by atoms with Gasteiger partial charge in [0.25, 0.3) is 0 Å². The zero-order valence-corrected chi connectivity index (χ0v) is 9.47. The Morgan fingerprint density at radius 1 is 1.43 bits per heavy atom. The largest absolute Gasteiger partial charge is 0.460 e. The minimum Gasteiger partial charge on any atom is -0.460 e. The quantitative estimate of drug-likeness (QED) is 0.285. The molecule has 0 aliphatic rings. The first-order valence-corrected chi connectivity index (χ1v) is 5.10. The first-order chi connectivity index (χ1) is 6.57. The van der Waals surface area contributed by atoms with Gasteiger partial charge in [-0.3, -0.25) is 0 Å². The van der Waals surface area contributed by atoms with Gasteiger partial charge in [0.15, 0.2) is 0 Å². The highest BCUT2D eigenvalue weighted by Gasteiger charge is 2.06. The van der Waals surface area contributed by atoms with Crippen LogP contribution in [0.2, 0.25) is 0 Å². The van der Waals surface area contributed by atoms with Crippen molar-refractivity contribution in [2.24, 2.45) is 5.92 Å². The van der Waals surface area contributed by atoms with Gasteiger partial charge in [-0.25, -0.2) is 4.79 Å². The molecule has 0 amide bonds. The van der Waals surface area contributed by atoms with Crippen LogP contribution in [0, 0.1) is 5.92 Å². The normalized spacial score (nSPS) is 10.3. The van der Waals surface area contributed by atoms with Crippen molar-refractivity contribution < 1.29 is 14.3 Å². The molecule has 0 spiro atoms. The number of hydrogen-bond acceptors (Lipinski definition) is 3. The first-order valence-electron chi connectivity index (χ1n) is 4.56. The standard InChI is InChI=1S/C10H17ClO3/c1-8(2)7-13-4-5-14-10(12)9(3)6-11/h8H,3-7H2,1-2H3. The molecule has 0 aliphatic carbocycles. The number of halogens is 1. The lowest BCUT2D eigenvalue weighted by Crippen LogP contribution is -2.14. The zero-order valence-electron chi connectivity index (χ0n) is 8.72. The van der Waals surface area contributed by atoms with Gasteiger partial charge in [0.2, 0.25) is 0 Å². The summed E-state index contributed by atoms with van der Waals surface area (Å²) in [4.78, 5) is 11.0. The second kappa shape index (κ2) is 7.83. The fraction of sp³-hybridized carbons (Fsp3) is 0.700. The fourth-order valence-corrected chi connectivity index (χ4v) is 0.778. The molecule has 0 saturated carbocycles. The van der Waals surface area contributed by atoms with E-state index in [0.717, 1.165) is 0 Å². The van der Waals surface area contributed by atoms with Crippen LogP contribution in [0.4, 0.5) is 0 Å². The van der Waals surface area contributed by atoms with Crippen LogP contribution in [0.5, 0.6) is 0 Å². The molecule has 0 atom stereocenters. The van der Waals surface area contributed by atoms with Crippen molar-refractivity contribution in [3.63, 3.8) is 0 Å². The minimum absolute atomic E-state index is 0.103. The van der Waals surface area contributed by atoms with Gasteiger partial charge >= 0.3 is 5.97 Å². The van der Waals surface area contributed by atoms with Gasteiger partial charge in [0.05, 0.1) is 12.5 Å². The lowest BCUT2D eigenvalue weighted by molar-refractivity contribution is -0.140. The van der Waals surface area contributed by atoms with Gasteiger partial charge in [-0.15, -0.1) is 11.6 Å². The molecule has 0 fully saturated rings. The average Bonchev–Trinajstić information content (AvgIpc) is 2.15. The summed E-state index contributed by atoms with van der Waals surface area (Å²) in [5.74, 6) is 0.141. The van der Waals surface area contributed by atoms with Gasteiger partial charge in [-0.2, -0.15) is 0 Å². The number of alkyl halides is 1. The van der Waals surface area contributed by atoms with Gasteiger partial charge in [-0.05, 0) is 5.92 Å². The molecule has 82 valence electrons. The molecule has 0 aromatic carbocycles. The van der Waals surface area contributed by atoms with E-state index in [2.05, 4.69) is 20.4 Å². The highest BCUT2D eigenvalue weighted by molar-refractivity contribution is 6.22. The lowest BCUT2D eigenvalue weighted by Gasteiger charge is -2.07. The van der Waals surface area contributed by atoms with Crippen LogP contribution >= 0.6 is 11.6 Å². The molecular formula is C10H17ClO3. The highest BCUT2D eigenvalue weighted by atomic mass is 35.5. The summed E-state index contributed by atoms with van der Waals surface area (Å²) in [5.41, 5.74) is 0.274. The van der Waals surface area contributed by atoms with Crippen molar-refractivity contribution in [3.8, 4) is 0 Å². The SMILES string of the molecule is C=C(CCl)C(=O)OCCOCC(C)C. The van der Waals surface area contributed by atoms with Crippen LogP contribution in [0.25, 0.3) is 0 Å². The van der Waals surface area contributed by atoms with Crippen LogP contribution < -0.4 is 0 Å². The van der Waals surface area contributed by atoms with Crippen molar-refractivity contribution in [2.45, 2.75) is 13.8 Å². The zero-order chi connectivity index (χ0) is 11.0. The number of carbonyl (C=O) groups is 1. The van der Waals surface area contributed by atoms with Gasteiger partial charge in [0, 0.05) is 12.2 Å². The van der Waals surface area contributed by atoms with E-state index in [0.29, 0.717) is 19.1 Å². The highest BCUT2D eigenvalue weighted by Crippen LogP contribution is 1.97. The predicted molar refractivity (Wildman–Crippen MR) is 56.5 cm³/mol. The van der Waals surface area contributed by atoms with Crippen LogP contribution in [-0.4, -0.2) is 31.7 Å². The third-order valence-electron chi connectivity index (χ3n) is 1.36. The van der Waals surface area contributed by atoms with Crippen molar-refractivity contribution in [1.29, 1.82) is 0 Å². The Morgan fingerprint density at radius 3 is 2.57 bits per heavy atom. The van der Waals surface area contributed by atoms with Crippen LogP contribution in [0.15, 0.2) is 12.2 Å². The third kappa shape index (κ3) is 6.92. The second-order valence-electron chi connectivity index (χ2n) is 3.34. The summed E-state index contributed by atoms with van der Waals surface area (Å²) < 4.78 is 10.0. The molecule has 0 bridgehead atoms. The van der Waals surface area contributed by atoms with E-state index in [-0.39, 0.29) is 18.1 Å². The van der Waals surface area contributed by atoms with E-state index in [1.54, 1.807) is 0 Å². The predicted octanol–water partition coefficient (Wildman–Crippen LogP) is 2.00. The number of esters is 1. The fourth-order valence-electron chi connectivity index (χ4n) is 0.669. The van der Waals surface area contributed by atoms with E-state index >= 15 is 0 Å². The summed E-state index contributed by atoms with van der Waals surface area (Å²) in [6, 6.07) is 0. The Kier molecular flexibility index (Phi) is 7.52. The van der Waals surface area contributed by atoms with E-state index in [9.17, 15) is 4.79 Å². The first kappa shape index (κ1) is 13.5. The molecule has 3 nitrogen and oxygen atoms in total. The molecule has 0 saturated heterocycles. The number of carbonyl (C=O) groups excluding carboxylic acids is 1. The van der Waals surface area contributed by atoms with Crippen molar-refractivity contribution in [3.05, 3.63) is 12.2 Å². The molecule has 4 heteroatoms. The Morgan fingerprint density at radius 2 is 2.07 bits per heavy atom. The summed E-state index contributed by atoms with van der Waals surface area (Å²) >= 11 is 5.40. The average molecular weight is 221 g/mol. The maximum absolute atomic E-state index is 11.0. The Labute approximate surface area is 90.0 Å². The van der Waals surface area contributed by atoms with E-state index in [1.807, 2.05) is 0 Å². The molecule has 0 heterocycles. The molecular weight excluding hydrogens is 204 g/mol. The summed E-state index contributed by atoms with van der Waals surface area (Å²) in [6.45, 7) is 8.91. The maximum Gasteiger partial charge on any atom is 0.334 e. The van der Waals surface area contributed by atoms with E-state index in [1.165, 1.54) is 0 Å². The summed E-state index contributed by atoms with van der Waals surface area (Å²) in [5, 5.41) is 0. The van der Waals surface area contributed by atoms with Gasteiger partial charge in [-0.1, -0.05) is 20.4 Å². The summed E-state index contributed by atoms with van der Waals surface area (Å²) in [7, 11) is 0. The smallest absolute Gasteiger partial charge is 0.334 e. The summed E-state index contributed by atoms with van der Waals surface area (Å²) in [6.07, 6.45) is 0. The Balaban J connectivity index is 3.36. The molecule has 0 aromatic rings. The third-order valence-corrected chi connectivity index (χ3v) is 1.68. The lowest BCUT2D eigenvalue weighted by atomic mass is 10.2. The number of hydrogen-bond donors (Lipinski definition) is 0. The molecule has 0 aromatic heterocycles. The van der Waals surface area contributed by atoms with Crippen LogP contribution in [-0.2, 0) is 14.3 Å². The second-order valence-corrected chi connectivity index (χ2v) is 3.61. The van der Waals surface area contributed by atoms with Crippen LogP contribution in [0.3, 0.4) is 0 Å². The number of ether oxygens (including phenoxy) is 2. The maximum atomic E-state index is 11.0. The van der Waals surface area contributed by atoms with Gasteiger partial charge < -0.3 is 9.47 Å². The molecule has 0 rings (SSSR count). The van der Waals surface area contributed by atoms with Crippen molar-refractivity contribution in [1.82, 2.24) is 0 Å². The topological polar surface area (TPSA) is 35.5 Å². The van der Waals surface area contributed by atoms with E-state index < -0.39 is 5.97 Å². The monoisotopic (exact) mass is 220 g/mol. The molecule has 0 radical (unpaired) electrons.